The molecule has 0 aliphatic carbocycles. The highest BCUT2D eigenvalue weighted by Gasteiger charge is 2.26. The zero-order valence-electron chi connectivity index (χ0n) is 13.1. The van der Waals surface area contributed by atoms with Crippen molar-refractivity contribution in [3.63, 3.8) is 0 Å². The van der Waals surface area contributed by atoms with Crippen molar-refractivity contribution in [2.24, 2.45) is 11.8 Å². The first-order chi connectivity index (χ1) is 10.7. The van der Waals surface area contributed by atoms with Gasteiger partial charge in [-0.05, 0) is 36.8 Å². The maximum absolute atomic E-state index is 12.4. The minimum atomic E-state index is 0.168. The first-order valence-electron chi connectivity index (χ1n) is 8.04. The van der Waals surface area contributed by atoms with Crippen molar-refractivity contribution in [3.05, 3.63) is 54.6 Å². The number of carbonyl (C=O) groups is 1. The fourth-order valence-corrected chi connectivity index (χ4v) is 3.31. The van der Waals surface area contributed by atoms with Crippen LogP contribution >= 0.6 is 0 Å². The summed E-state index contributed by atoms with van der Waals surface area (Å²) in [5.41, 5.74) is 0.799. The largest absolute Gasteiger partial charge is 0.339 e. The molecule has 4 heteroatoms. The molecule has 0 radical (unpaired) electrons. The molecule has 1 aliphatic heterocycles. The molecular formula is C18H23N3O. The molecule has 0 bridgehead atoms. The lowest BCUT2D eigenvalue weighted by Gasteiger charge is -2.35. The number of hydrogen-bond acceptors (Lipinski definition) is 2. The van der Waals surface area contributed by atoms with Gasteiger partial charge in [-0.15, -0.1) is 0 Å². The van der Waals surface area contributed by atoms with Crippen LogP contribution in [0.15, 0.2) is 49.1 Å². The fourth-order valence-electron chi connectivity index (χ4n) is 3.31. The molecule has 2 heterocycles. The monoisotopic (exact) mass is 297 g/mol. The van der Waals surface area contributed by atoms with Crippen molar-refractivity contribution in [1.82, 2.24) is 14.5 Å². The maximum atomic E-state index is 12.4. The first-order valence-corrected chi connectivity index (χ1v) is 8.04. The van der Waals surface area contributed by atoms with Gasteiger partial charge in [-0.2, -0.15) is 0 Å². The Morgan fingerprint density at radius 3 is 2.64 bits per heavy atom. The molecule has 0 spiro atoms. The van der Waals surface area contributed by atoms with E-state index in [9.17, 15) is 4.79 Å². The summed E-state index contributed by atoms with van der Waals surface area (Å²) >= 11 is 0. The summed E-state index contributed by atoms with van der Waals surface area (Å²) in [4.78, 5) is 18.5. The molecule has 22 heavy (non-hydrogen) atoms. The second-order valence-electron chi connectivity index (χ2n) is 6.23. The molecule has 2 aromatic rings. The zero-order valence-corrected chi connectivity index (χ0v) is 13.1. The Morgan fingerprint density at radius 2 is 2.00 bits per heavy atom. The average Bonchev–Trinajstić information content (AvgIpc) is 3.08. The number of nitrogens with zero attached hydrogens (tertiary/aromatic N) is 3. The van der Waals surface area contributed by atoms with Crippen molar-refractivity contribution < 1.29 is 4.79 Å². The Hall–Kier alpha value is -2.10. The number of aromatic nitrogens is 2. The van der Waals surface area contributed by atoms with Crippen LogP contribution in [0.3, 0.4) is 0 Å². The van der Waals surface area contributed by atoms with Crippen molar-refractivity contribution in [2.75, 3.05) is 13.1 Å². The lowest BCUT2D eigenvalue weighted by Crippen LogP contribution is -2.40. The van der Waals surface area contributed by atoms with Crippen LogP contribution < -0.4 is 0 Å². The van der Waals surface area contributed by atoms with E-state index in [1.165, 1.54) is 0 Å². The average molecular weight is 297 g/mol. The smallest absolute Gasteiger partial charge is 0.253 e. The van der Waals surface area contributed by atoms with Gasteiger partial charge < -0.3 is 9.47 Å². The Kier molecular flexibility index (Phi) is 4.56. The van der Waals surface area contributed by atoms with Crippen LogP contribution in [0.1, 0.15) is 30.1 Å². The fraction of sp³-hybridized carbons (Fsp3) is 0.444. The van der Waals surface area contributed by atoms with Gasteiger partial charge in [0.05, 0.1) is 6.33 Å². The van der Waals surface area contributed by atoms with E-state index in [2.05, 4.69) is 16.5 Å². The van der Waals surface area contributed by atoms with Gasteiger partial charge in [0.2, 0.25) is 0 Å². The van der Waals surface area contributed by atoms with E-state index in [1.807, 2.05) is 54.0 Å². The highest BCUT2D eigenvalue weighted by Crippen LogP contribution is 2.26. The number of amides is 1. The summed E-state index contributed by atoms with van der Waals surface area (Å²) in [5.74, 6) is 1.46. The second-order valence-corrected chi connectivity index (χ2v) is 6.23. The number of hydrogen-bond donors (Lipinski definition) is 0. The molecule has 1 aromatic carbocycles. The van der Waals surface area contributed by atoms with Crippen LogP contribution in [-0.2, 0) is 6.54 Å². The third-order valence-corrected chi connectivity index (χ3v) is 4.71. The predicted molar refractivity (Wildman–Crippen MR) is 86.5 cm³/mol. The van der Waals surface area contributed by atoms with Gasteiger partial charge in [0.25, 0.3) is 5.91 Å². The Bertz CT molecular complexity index is 586. The summed E-state index contributed by atoms with van der Waals surface area (Å²) < 4.78 is 2.15. The lowest BCUT2D eigenvalue weighted by molar-refractivity contribution is 0.0656. The Morgan fingerprint density at radius 1 is 1.27 bits per heavy atom. The van der Waals surface area contributed by atoms with E-state index in [4.69, 9.17) is 0 Å². The molecule has 3 rings (SSSR count). The van der Waals surface area contributed by atoms with Crippen LogP contribution in [0.4, 0.5) is 0 Å². The number of carbonyl (C=O) groups excluding carboxylic acids is 1. The molecule has 1 aliphatic rings. The van der Waals surface area contributed by atoms with Gasteiger partial charge in [-0.1, -0.05) is 25.1 Å². The Labute approximate surface area is 131 Å². The molecule has 116 valence electrons. The van der Waals surface area contributed by atoms with Crippen molar-refractivity contribution in [2.45, 2.75) is 26.3 Å². The molecular weight excluding hydrogens is 274 g/mol. The maximum Gasteiger partial charge on any atom is 0.253 e. The van der Waals surface area contributed by atoms with Crippen LogP contribution in [0, 0.1) is 11.8 Å². The summed E-state index contributed by atoms with van der Waals surface area (Å²) in [7, 11) is 0. The minimum absolute atomic E-state index is 0.168. The van der Waals surface area contributed by atoms with E-state index in [-0.39, 0.29) is 5.91 Å². The summed E-state index contributed by atoms with van der Waals surface area (Å²) in [6, 6.07) is 9.59. The molecule has 1 saturated heterocycles. The topological polar surface area (TPSA) is 38.1 Å². The standard InChI is InChI=1S/C18H23N3O/c1-15(13-20-12-9-19-14-20)16-7-10-21(11-8-16)18(22)17-5-3-2-4-6-17/h2-6,9,12,14-16H,7-8,10-11,13H2,1H3. The Balaban J connectivity index is 1.53. The van der Waals surface area contributed by atoms with E-state index < -0.39 is 0 Å². The third kappa shape index (κ3) is 3.38. The van der Waals surface area contributed by atoms with Crippen molar-refractivity contribution >= 4 is 5.91 Å². The summed E-state index contributed by atoms with van der Waals surface area (Å²) in [6.45, 7) is 5.05. The number of imidazole rings is 1. The third-order valence-electron chi connectivity index (χ3n) is 4.71. The minimum Gasteiger partial charge on any atom is -0.339 e. The number of piperidine rings is 1. The molecule has 0 N–H and O–H groups in total. The molecule has 1 amide bonds. The van der Waals surface area contributed by atoms with Gasteiger partial charge >= 0.3 is 0 Å². The van der Waals surface area contributed by atoms with Crippen LogP contribution in [0.2, 0.25) is 0 Å². The molecule has 1 fully saturated rings. The highest BCUT2D eigenvalue weighted by molar-refractivity contribution is 5.94. The van der Waals surface area contributed by atoms with Crippen molar-refractivity contribution in [1.29, 1.82) is 0 Å². The van der Waals surface area contributed by atoms with Crippen LogP contribution in [-0.4, -0.2) is 33.4 Å². The molecule has 1 aromatic heterocycles. The van der Waals surface area contributed by atoms with E-state index in [1.54, 1.807) is 0 Å². The van der Waals surface area contributed by atoms with Crippen molar-refractivity contribution in [3.8, 4) is 0 Å². The van der Waals surface area contributed by atoms with E-state index in [0.29, 0.717) is 11.8 Å². The molecule has 4 nitrogen and oxygen atoms in total. The summed E-state index contributed by atoms with van der Waals surface area (Å²) in [6.07, 6.45) is 7.91. The predicted octanol–water partition coefficient (Wildman–Crippen LogP) is 3.07. The summed E-state index contributed by atoms with van der Waals surface area (Å²) in [5, 5.41) is 0. The molecule has 1 unspecified atom stereocenters. The van der Waals surface area contributed by atoms with Gasteiger partial charge in [0.1, 0.15) is 0 Å². The molecule has 0 saturated carbocycles. The van der Waals surface area contributed by atoms with Crippen LogP contribution in [0.25, 0.3) is 0 Å². The SMILES string of the molecule is CC(Cn1ccnc1)C1CCN(C(=O)c2ccccc2)CC1. The van der Waals surface area contributed by atoms with Gasteiger partial charge in [-0.3, -0.25) is 4.79 Å². The first kappa shape index (κ1) is 14.8. The highest BCUT2D eigenvalue weighted by atomic mass is 16.2. The van der Waals surface area contributed by atoms with E-state index in [0.717, 1.165) is 38.0 Å². The number of benzene rings is 1. The normalized spacial score (nSPS) is 17.4. The molecule has 1 atom stereocenters. The number of rotatable bonds is 4. The quantitative estimate of drug-likeness (QED) is 0.870. The van der Waals surface area contributed by atoms with Gasteiger partial charge in [0.15, 0.2) is 0 Å². The number of likely N-dealkylation sites (tertiary alicyclic amines) is 1. The second kappa shape index (κ2) is 6.77. The lowest BCUT2D eigenvalue weighted by atomic mass is 9.85. The van der Waals surface area contributed by atoms with Gasteiger partial charge in [-0.25, -0.2) is 4.98 Å². The zero-order chi connectivity index (χ0) is 15.4. The van der Waals surface area contributed by atoms with Gasteiger partial charge in [0, 0.05) is 37.6 Å². The van der Waals surface area contributed by atoms with Crippen LogP contribution in [0.5, 0.6) is 0 Å². The van der Waals surface area contributed by atoms with E-state index >= 15 is 0 Å².